The fraction of sp³-hybridized carbons (Fsp3) is 0.323. The lowest BCUT2D eigenvalue weighted by atomic mass is 9.89. The van der Waals surface area contributed by atoms with Crippen LogP contribution in [-0.2, 0) is 20.4 Å². The van der Waals surface area contributed by atoms with Crippen LogP contribution in [0.25, 0.3) is 0 Å². The van der Waals surface area contributed by atoms with Gasteiger partial charge in [-0.05, 0) is 63.1 Å². The van der Waals surface area contributed by atoms with E-state index in [0.717, 1.165) is 27.5 Å². The minimum absolute atomic E-state index is 0.0277. The summed E-state index contributed by atoms with van der Waals surface area (Å²) in [7, 11) is -0.450. The Morgan fingerprint density at radius 1 is 0.917 bits per heavy atom. The summed E-state index contributed by atoms with van der Waals surface area (Å²) in [6, 6.07) is 25.0. The molecule has 3 aromatic rings. The lowest BCUT2D eigenvalue weighted by Crippen LogP contribution is -2.29. The average Bonchev–Trinajstić information content (AvgIpc) is 2.89. The number of hydrogen-bond donors (Lipinski definition) is 0. The average molecular weight is 504 g/mol. The maximum atomic E-state index is 14.7. The first-order valence-electron chi connectivity index (χ1n) is 12.4. The van der Waals surface area contributed by atoms with E-state index in [1.807, 2.05) is 36.4 Å². The second kappa shape index (κ2) is 12.1. The van der Waals surface area contributed by atoms with Crippen LogP contribution in [0, 0.1) is 23.6 Å². The van der Waals surface area contributed by atoms with Crippen LogP contribution in [0.5, 0.6) is 5.75 Å². The maximum Gasteiger partial charge on any atom is 0.345 e. The summed E-state index contributed by atoms with van der Waals surface area (Å²) in [6.45, 7) is 3.15. The van der Waals surface area contributed by atoms with E-state index < -0.39 is 28.3 Å². The number of benzene rings is 3. The van der Waals surface area contributed by atoms with Crippen molar-refractivity contribution in [2.24, 2.45) is 5.92 Å². The summed E-state index contributed by atoms with van der Waals surface area (Å²) in [6.07, 6.45) is 5.87. The Kier molecular flexibility index (Phi) is 8.72. The zero-order chi connectivity index (χ0) is 25.4. The molecule has 36 heavy (non-hydrogen) atoms. The first kappa shape index (κ1) is 25.9. The molecule has 3 nitrogen and oxygen atoms in total. The van der Waals surface area contributed by atoms with Gasteiger partial charge in [0.05, 0.1) is 10.9 Å². The van der Waals surface area contributed by atoms with Gasteiger partial charge >= 0.3 is 5.97 Å². The van der Waals surface area contributed by atoms with Crippen molar-refractivity contribution in [1.82, 2.24) is 0 Å². The van der Waals surface area contributed by atoms with Crippen molar-refractivity contribution >= 4 is 16.9 Å². The predicted octanol–water partition coefficient (Wildman–Crippen LogP) is 7.21. The number of esters is 1. The molecule has 1 aliphatic carbocycles. The smallest absolute Gasteiger partial charge is 0.345 e. The van der Waals surface area contributed by atoms with Gasteiger partial charge in [-0.25, -0.2) is 9.18 Å². The Balaban J connectivity index is 1.46. The molecule has 4 rings (SSSR count). The molecule has 0 radical (unpaired) electrons. The number of rotatable bonds is 7. The third-order valence-corrected chi connectivity index (χ3v) is 8.21. The molecule has 186 valence electrons. The van der Waals surface area contributed by atoms with E-state index >= 15 is 0 Å². The van der Waals surface area contributed by atoms with E-state index in [-0.39, 0.29) is 12.4 Å². The first-order valence-corrected chi connectivity index (χ1v) is 13.6. The summed E-state index contributed by atoms with van der Waals surface area (Å²) in [5.41, 5.74) is -0.925. The molecule has 1 saturated carbocycles. The number of carbonyl (C=O) groups is 1. The summed E-state index contributed by atoms with van der Waals surface area (Å²) in [5, 5.41) is 0. The summed E-state index contributed by atoms with van der Waals surface area (Å²) >= 11 is 0. The third kappa shape index (κ3) is 7.15. The van der Waals surface area contributed by atoms with E-state index in [0.29, 0.717) is 5.92 Å². The highest BCUT2D eigenvalue weighted by Crippen LogP contribution is 2.33. The SMILES string of the molecule is CC(C)(C#CC1CCCCC1)OC(=O)COc1cc([S+](c2ccccc2)c2ccccc2)ccc1F. The molecule has 0 aromatic heterocycles. The molecular weight excluding hydrogens is 471 g/mol. The fourth-order valence-electron chi connectivity index (χ4n) is 4.24. The van der Waals surface area contributed by atoms with Gasteiger partial charge in [0.25, 0.3) is 0 Å². The summed E-state index contributed by atoms with van der Waals surface area (Å²) < 4.78 is 25.8. The van der Waals surface area contributed by atoms with E-state index in [4.69, 9.17) is 9.47 Å². The van der Waals surface area contributed by atoms with Gasteiger partial charge in [-0.15, -0.1) is 0 Å². The molecule has 0 spiro atoms. The lowest BCUT2D eigenvalue weighted by molar-refractivity contribution is -0.154. The monoisotopic (exact) mass is 503 g/mol. The van der Waals surface area contributed by atoms with E-state index in [1.54, 1.807) is 26.0 Å². The Morgan fingerprint density at radius 2 is 1.53 bits per heavy atom. The van der Waals surface area contributed by atoms with Crippen LogP contribution < -0.4 is 4.74 Å². The van der Waals surface area contributed by atoms with Crippen LogP contribution in [-0.4, -0.2) is 18.2 Å². The Labute approximate surface area is 216 Å². The van der Waals surface area contributed by atoms with Crippen molar-refractivity contribution in [2.45, 2.75) is 66.2 Å². The van der Waals surface area contributed by atoms with Crippen LogP contribution in [0.4, 0.5) is 4.39 Å². The van der Waals surface area contributed by atoms with Crippen LogP contribution in [0.1, 0.15) is 46.0 Å². The highest BCUT2D eigenvalue weighted by Gasteiger charge is 2.30. The van der Waals surface area contributed by atoms with E-state index in [2.05, 4.69) is 36.1 Å². The highest BCUT2D eigenvalue weighted by atomic mass is 32.2. The van der Waals surface area contributed by atoms with Crippen molar-refractivity contribution in [3.63, 3.8) is 0 Å². The summed E-state index contributed by atoms with van der Waals surface area (Å²) in [5.74, 6) is 5.68. The third-order valence-electron chi connectivity index (χ3n) is 5.99. The molecule has 0 N–H and O–H groups in total. The quantitative estimate of drug-likeness (QED) is 0.194. The number of halogens is 1. The number of hydrogen-bond acceptors (Lipinski definition) is 3. The highest BCUT2D eigenvalue weighted by molar-refractivity contribution is 7.97. The van der Waals surface area contributed by atoms with Gasteiger partial charge in [0, 0.05) is 12.0 Å². The zero-order valence-corrected chi connectivity index (χ0v) is 21.7. The molecule has 0 aliphatic heterocycles. The molecule has 0 heterocycles. The van der Waals surface area contributed by atoms with E-state index in [1.165, 1.54) is 25.3 Å². The molecular formula is C31H32FO3S+. The lowest BCUT2D eigenvalue weighted by Gasteiger charge is -2.21. The number of carbonyl (C=O) groups excluding carboxylic acids is 1. The minimum Gasteiger partial charge on any atom is -0.479 e. The fourth-order valence-corrected chi connectivity index (χ4v) is 6.35. The molecule has 0 unspecified atom stereocenters. The minimum atomic E-state index is -0.925. The van der Waals surface area contributed by atoms with Crippen LogP contribution in [0.3, 0.4) is 0 Å². The molecule has 0 amide bonds. The predicted molar refractivity (Wildman–Crippen MR) is 141 cm³/mol. The maximum absolute atomic E-state index is 14.7. The van der Waals surface area contributed by atoms with Crippen LogP contribution in [0.2, 0.25) is 0 Å². The van der Waals surface area contributed by atoms with Gasteiger partial charge in [0.1, 0.15) is 0 Å². The Bertz CT molecular complexity index is 1170. The molecule has 0 saturated heterocycles. The second-order valence-electron chi connectivity index (χ2n) is 9.40. The standard InChI is InChI=1S/C31H32FO3S/c1-31(2,21-20-24-12-6-3-7-13-24)35-30(33)23-34-29-22-27(18-19-28(29)32)36(25-14-8-4-9-15-25)26-16-10-5-11-17-26/h4-5,8-11,14-19,22,24H,3,6-7,12-13,23H2,1-2H3/q+1. The Hall–Kier alpha value is -3.23. The van der Waals surface area contributed by atoms with Crippen molar-refractivity contribution in [1.29, 1.82) is 0 Å². The molecule has 3 aromatic carbocycles. The second-order valence-corrected chi connectivity index (χ2v) is 11.4. The topological polar surface area (TPSA) is 35.5 Å². The molecule has 0 atom stereocenters. The molecule has 0 bridgehead atoms. The number of ether oxygens (including phenoxy) is 2. The van der Waals surface area contributed by atoms with Crippen molar-refractivity contribution < 1.29 is 18.7 Å². The molecule has 1 fully saturated rings. The molecule has 1 aliphatic rings. The van der Waals surface area contributed by atoms with Gasteiger partial charge in [0.2, 0.25) is 0 Å². The van der Waals surface area contributed by atoms with Gasteiger partial charge in [-0.1, -0.05) is 67.5 Å². The van der Waals surface area contributed by atoms with Gasteiger partial charge in [-0.2, -0.15) is 0 Å². The first-order chi connectivity index (χ1) is 17.4. The van der Waals surface area contributed by atoms with Crippen molar-refractivity contribution in [3.8, 4) is 17.6 Å². The zero-order valence-electron chi connectivity index (χ0n) is 20.8. The van der Waals surface area contributed by atoms with Gasteiger partial charge in [-0.3, -0.25) is 0 Å². The van der Waals surface area contributed by atoms with Crippen molar-refractivity contribution in [3.05, 3.63) is 84.7 Å². The van der Waals surface area contributed by atoms with Gasteiger partial charge in [0.15, 0.2) is 38.5 Å². The van der Waals surface area contributed by atoms with Gasteiger partial charge < -0.3 is 9.47 Å². The van der Waals surface area contributed by atoms with Crippen LogP contribution >= 0.6 is 0 Å². The van der Waals surface area contributed by atoms with Crippen molar-refractivity contribution in [2.75, 3.05) is 6.61 Å². The largest absolute Gasteiger partial charge is 0.479 e. The molecule has 5 heteroatoms. The van der Waals surface area contributed by atoms with Crippen LogP contribution in [0.15, 0.2) is 93.5 Å². The Morgan fingerprint density at radius 3 is 2.14 bits per heavy atom. The van der Waals surface area contributed by atoms with E-state index in [9.17, 15) is 9.18 Å². The normalized spacial score (nSPS) is 14.1. The summed E-state index contributed by atoms with van der Waals surface area (Å²) in [4.78, 5) is 15.6.